The molecule has 2 aliphatic carbocycles. The third-order valence-corrected chi connectivity index (χ3v) is 6.67. The van der Waals surface area contributed by atoms with Gasteiger partial charge in [-0.3, -0.25) is 4.79 Å². The number of carboxylic acid groups (broad SMARTS) is 1. The smallest absolute Gasteiger partial charge is 0.407 e. The van der Waals surface area contributed by atoms with E-state index in [2.05, 4.69) is 17.4 Å². The molecule has 0 radical (unpaired) electrons. The molecule has 32 heavy (non-hydrogen) atoms. The molecule has 2 aliphatic rings. The molecule has 2 N–H and O–H groups in total. The van der Waals surface area contributed by atoms with E-state index < -0.39 is 29.6 Å². The lowest BCUT2D eigenvalue weighted by Crippen LogP contribution is -2.57. The summed E-state index contributed by atoms with van der Waals surface area (Å²) in [6.45, 7) is 3.08. The van der Waals surface area contributed by atoms with E-state index in [1.807, 2.05) is 36.4 Å². The molecule has 2 aromatic rings. The van der Waals surface area contributed by atoms with Crippen molar-refractivity contribution >= 4 is 18.0 Å². The van der Waals surface area contributed by atoms with E-state index >= 15 is 0 Å². The van der Waals surface area contributed by atoms with Gasteiger partial charge >= 0.3 is 12.1 Å². The van der Waals surface area contributed by atoms with E-state index in [-0.39, 0.29) is 18.4 Å². The highest BCUT2D eigenvalue weighted by Crippen LogP contribution is 2.44. The van der Waals surface area contributed by atoms with Crippen molar-refractivity contribution in [2.24, 2.45) is 5.92 Å². The second kappa shape index (κ2) is 8.30. The van der Waals surface area contributed by atoms with Gasteiger partial charge in [-0.25, -0.2) is 9.59 Å². The van der Waals surface area contributed by atoms with E-state index in [1.165, 1.54) is 25.8 Å². The Labute approximate surface area is 187 Å². The second-order valence-corrected chi connectivity index (χ2v) is 9.05. The number of rotatable bonds is 7. The molecule has 0 saturated heterocycles. The van der Waals surface area contributed by atoms with Crippen molar-refractivity contribution in [2.75, 3.05) is 13.7 Å². The van der Waals surface area contributed by atoms with Crippen LogP contribution in [0, 0.1) is 5.92 Å². The van der Waals surface area contributed by atoms with E-state index in [0.717, 1.165) is 35.1 Å². The van der Waals surface area contributed by atoms with Gasteiger partial charge in [0.1, 0.15) is 18.2 Å². The molecule has 0 heterocycles. The molecule has 2 aromatic carbocycles. The third-order valence-electron chi connectivity index (χ3n) is 6.67. The first-order valence-electron chi connectivity index (χ1n) is 10.8. The van der Waals surface area contributed by atoms with Gasteiger partial charge in [-0.05, 0) is 54.9 Å². The third kappa shape index (κ3) is 3.95. The average molecular weight is 437 g/mol. The summed E-state index contributed by atoms with van der Waals surface area (Å²) in [4.78, 5) is 38.4. The van der Waals surface area contributed by atoms with E-state index in [0.29, 0.717) is 0 Å². The number of hydrogen-bond donors (Lipinski definition) is 2. The number of carbonyl (C=O) groups excluding carboxylic acids is 2. The van der Waals surface area contributed by atoms with Crippen LogP contribution in [0.2, 0.25) is 0 Å². The highest BCUT2D eigenvalue weighted by Gasteiger charge is 2.44. The monoisotopic (exact) mass is 436 g/mol. The van der Waals surface area contributed by atoms with Gasteiger partial charge in [-0.2, -0.15) is 0 Å². The second-order valence-electron chi connectivity index (χ2n) is 9.05. The Morgan fingerprint density at radius 3 is 2.09 bits per heavy atom. The summed E-state index contributed by atoms with van der Waals surface area (Å²) in [6.07, 6.45) is 0.946. The van der Waals surface area contributed by atoms with Gasteiger partial charge in [-0.15, -0.1) is 0 Å². The molecule has 0 aliphatic heterocycles. The summed E-state index contributed by atoms with van der Waals surface area (Å²) in [7, 11) is 1.45. The number of aliphatic carboxylic acids is 1. The Balaban J connectivity index is 1.44. The Morgan fingerprint density at radius 1 is 1.06 bits per heavy atom. The van der Waals surface area contributed by atoms with Crippen LogP contribution in [0.1, 0.15) is 43.7 Å². The number of fused-ring (bicyclic) bond motifs is 3. The topological polar surface area (TPSA) is 95.9 Å². The summed E-state index contributed by atoms with van der Waals surface area (Å²) in [5, 5.41) is 12.1. The van der Waals surface area contributed by atoms with Crippen molar-refractivity contribution in [3.63, 3.8) is 0 Å². The summed E-state index contributed by atoms with van der Waals surface area (Å²) in [5.74, 6) is -1.61. The summed E-state index contributed by atoms with van der Waals surface area (Å²) in [5.41, 5.74) is 3.12. The molecule has 2 amide bonds. The molecule has 4 rings (SSSR count). The van der Waals surface area contributed by atoms with E-state index in [9.17, 15) is 19.5 Å². The number of nitrogens with one attached hydrogen (secondary N) is 1. The highest BCUT2D eigenvalue weighted by molar-refractivity contribution is 5.91. The van der Waals surface area contributed by atoms with Gasteiger partial charge in [0, 0.05) is 13.0 Å². The summed E-state index contributed by atoms with van der Waals surface area (Å²) >= 11 is 0. The first-order valence-corrected chi connectivity index (χ1v) is 10.8. The Bertz CT molecular complexity index is 1010. The molecule has 0 bridgehead atoms. The predicted molar refractivity (Wildman–Crippen MR) is 119 cm³/mol. The number of ether oxygens (including phenoxy) is 1. The number of nitrogens with zero attached hydrogens (tertiary/aromatic N) is 1. The fourth-order valence-corrected chi connectivity index (χ4v) is 4.21. The highest BCUT2D eigenvalue weighted by atomic mass is 16.5. The zero-order valence-electron chi connectivity index (χ0n) is 18.5. The number of benzene rings is 2. The van der Waals surface area contributed by atoms with Crippen LogP contribution in [0.15, 0.2) is 48.5 Å². The molecule has 168 valence electrons. The van der Waals surface area contributed by atoms with Crippen LogP contribution in [-0.2, 0) is 14.3 Å². The summed E-state index contributed by atoms with van der Waals surface area (Å²) < 4.78 is 5.57. The molecule has 0 spiro atoms. The van der Waals surface area contributed by atoms with Gasteiger partial charge in [-0.1, -0.05) is 48.5 Å². The predicted octanol–water partition coefficient (Wildman–Crippen LogP) is 3.63. The largest absolute Gasteiger partial charge is 0.480 e. The number of hydrogen-bond acceptors (Lipinski definition) is 4. The number of likely N-dealkylation sites (N-methyl/N-ethyl adjacent to an activating group) is 1. The Morgan fingerprint density at radius 2 is 1.59 bits per heavy atom. The van der Waals surface area contributed by atoms with Crippen LogP contribution in [-0.4, -0.2) is 53.2 Å². The zero-order valence-corrected chi connectivity index (χ0v) is 18.5. The van der Waals surface area contributed by atoms with Gasteiger partial charge in [0.15, 0.2) is 0 Å². The molecule has 7 heteroatoms. The first-order chi connectivity index (χ1) is 15.2. The Kier molecular flexibility index (Phi) is 5.67. The lowest BCUT2D eigenvalue weighted by Gasteiger charge is -2.34. The lowest BCUT2D eigenvalue weighted by molar-refractivity contribution is -0.156. The number of carboxylic acids is 1. The minimum absolute atomic E-state index is 0.00460. The lowest BCUT2D eigenvalue weighted by atomic mass is 9.98. The van der Waals surface area contributed by atoms with E-state index in [4.69, 9.17) is 4.74 Å². The first kappa shape index (κ1) is 21.9. The van der Waals surface area contributed by atoms with Gasteiger partial charge in [0.2, 0.25) is 5.91 Å². The SMILES string of the molecule is CN(C(=O)C(NC(=O)OCC1c2ccccc2-c2ccccc21)C1CC1)C(C)(C)C(=O)O. The fraction of sp³-hybridized carbons (Fsp3) is 0.400. The molecule has 1 fully saturated rings. The maximum absolute atomic E-state index is 13.0. The molecule has 1 atom stereocenters. The van der Waals surface area contributed by atoms with Crippen LogP contribution in [0.25, 0.3) is 11.1 Å². The number of amides is 2. The van der Waals surface area contributed by atoms with Crippen molar-refractivity contribution in [3.8, 4) is 11.1 Å². The zero-order chi connectivity index (χ0) is 23.0. The van der Waals surface area contributed by atoms with Gasteiger partial charge in [0.25, 0.3) is 0 Å². The van der Waals surface area contributed by atoms with Crippen LogP contribution in [0.3, 0.4) is 0 Å². The number of alkyl carbamates (subject to hydrolysis) is 1. The fourth-order valence-electron chi connectivity index (χ4n) is 4.21. The quantitative estimate of drug-likeness (QED) is 0.691. The average Bonchev–Trinajstić information content (AvgIpc) is 3.57. The number of carbonyl (C=O) groups is 3. The van der Waals surface area contributed by atoms with Gasteiger partial charge < -0.3 is 20.1 Å². The van der Waals surface area contributed by atoms with Crippen LogP contribution in [0.4, 0.5) is 4.79 Å². The van der Waals surface area contributed by atoms with Crippen molar-refractivity contribution in [2.45, 2.75) is 44.2 Å². The van der Waals surface area contributed by atoms with Crippen molar-refractivity contribution in [3.05, 3.63) is 59.7 Å². The minimum atomic E-state index is -1.38. The van der Waals surface area contributed by atoms with Crippen molar-refractivity contribution in [1.82, 2.24) is 10.2 Å². The molecular weight excluding hydrogens is 408 g/mol. The standard InChI is InChI=1S/C25H28N2O5/c1-25(2,23(29)30)27(3)22(28)21(15-12-13-15)26-24(31)32-14-20-18-10-6-4-8-16(18)17-9-5-7-11-19(17)20/h4-11,15,20-21H,12-14H2,1-3H3,(H,26,31)(H,29,30). The van der Waals surface area contributed by atoms with Crippen LogP contribution < -0.4 is 5.32 Å². The van der Waals surface area contributed by atoms with Crippen LogP contribution >= 0.6 is 0 Å². The molecular formula is C25H28N2O5. The van der Waals surface area contributed by atoms with Crippen molar-refractivity contribution in [1.29, 1.82) is 0 Å². The normalized spacial score (nSPS) is 16.0. The van der Waals surface area contributed by atoms with E-state index in [1.54, 1.807) is 0 Å². The molecule has 1 saturated carbocycles. The minimum Gasteiger partial charge on any atom is -0.480 e. The molecule has 7 nitrogen and oxygen atoms in total. The maximum Gasteiger partial charge on any atom is 0.407 e. The Hall–Kier alpha value is -3.35. The van der Waals surface area contributed by atoms with Gasteiger partial charge in [0.05, 0.1) is 0 Å². The molecule has 0 aromatic heterocycles. The van der Waals surface area contributed by atoms with Crippen molar-refractivity contribution < 1.29 is 24.2 Å². The van der Waals surface area contributed by atoms with Crippen LogP contribution in [0.5, 0.6) is 0 Å². The summed E-state index contributed by atoms with van der Waals surface area (Å²) in [6, 6.07) is 15.3. The maximum atomic E-state index is 13.0. The molecule has 1 unspecified atom stereocenters.